The minimum atomic E-state index is -0.529. The molecule has 160 valence electrons. The minimum absolute atomic E-state index is 0.123. The SMILES string of the molecule is CCOCCN1C[C@H]2C[C@H](O)[C@@H](NC(=O)c3[nH]c4c(c3C)C(=O)CCC4)C[C@H]2C1. The molecule has 1 aliphatic heterocycles. The summed E-state index contributed by atoms with van der Waals surface area (Å²) < 4.78 is 5.47. The van der Waals surface area contributed by atoms with Gasteiger partial charge in [0.05, 0.1) is 18.8 Å². The molecule has 2 aliphatic carbocycles. The van der Waals surface area contributed by atoms with Gasteiger partial charge in [-0.2, -0.15) is 0 Å². The largest absolute Gasteiger partial charge is 0.391 e. The van der Waals surface area contributed by atoms with Crippen molar-refractivity contribution in [2.24, 2.45) is 11.8 Å². The Bertz CT molecular complexity index is 774. The lowest BCUT2D eigenvalue weighted by molar-refractivity contribution is 0.0459. The van der Waals surface area contributed by atoms with Crippen LogP contribution in [-0.4, -0.2) is 71.7 Å². The summed E-state index contributed by atoms with van der Waals surface area (Å²) in [7, 11) is 0. The number of aromatic nitrogens is 1. The van der Waals surface area contributed by atoms with Crippen molar-refractivity contribution in [1.29, 1.82) is 0 Å². The van der Waals surface area contributed by atoms with Crippen LogP contribution in [0.5, 0.6) is 0 Å². The molecule has 7 heteroatoms. The van der Waals surface area contributed by atoms with Crippen LogP contribution in [0.3, 0.4) is 0 Å². The molecule has 1 amide bonds. The van der Waals surface area contributed by atoms with Crippen molar-refractivity contribution < 1.29 is 19.4 Å². The molecule has 1 saturated carbocycles. The first-order chi connectivity index (χ1) is 14.0. The number of H-pyrrole nitrogens is 1. The number of amides is 1. The first-order valence-corrected chi connectivity index (χ1v) is 11.0. The number of ether oxygens (including phenoxy) is 1. The molecule has 0 radical (unpaired) electrons. The lowest BCUT2D eigenvalue weighted by atomic mass is 9.77. The summed E-state index contributed by atoms with van der Waals surface area (Å²) in [5.74, 6) is 0.887. The lowest BCUT2D eigenvalue weighted by Gasteiger charge is -2.35. The second kappa shape index (κ2) is 8.58. The molecule has 1 saturated heterocycles. The minimum Gasteiger partial charge on any atom is -0.391 e. The number of aromatic amines is 1. The zero-order valence-electron chi connectivity index (χ0n) is 17.5. The highest BCUT2D eigenvalue weighted by Crippen LogP contribution is 2.36. The molecule has 4 rings (SSSR count). The Morgan fingerprint density at radius 3 is 2.76 bits per heavy atom. The van der Waals surface area contributed by atoms with Crippen molar-refractivity contribution >= 4 is 11.7 Å². The molecule has 29 heavy (non-hydrogen) atoms. The summed E-state index contributed by atoms with van der Waals surface area (Å²) in [6.45, 7) is 8.25. The maximum atomic E-state index is 12.9. The molecular formula is C22H33N3O4. The first kappa shape index (κ1) is 20.6. The van der Waals surface area contributed by atoms with Crippen molar-refractivity contribution in [2.75, 3.05) is 32.8 Å². The van der Waals surface area contributed by atoms with E-state index in [1.807, 2.05) is 13.8 Å². The van der Waals surface area contributed by atoms with Crippen LogP contribution in [-0.2, 0) is 11.2 Å². The van der Waals surface area contributed by atoms with E-state index in [2.05, 4.69) is 15.2 Å². The number of rotatable bonds is 6. The molecular weight excluding hydrogens is 370 g/mol. The Balaban J connectivity index is 1.39. The van der Waals surface area contributed by atoms with Gasteiger partial charge in [-0.05, 0) is 56.9 Å². The smallest absolute Gasteiger partial charge is 0.268 e. The van der Waals surface area contributed by atoms with Crippen LogP contribution in [0.25, 0.3) is 0 Å². The Kier molecular flexibility index (Phi) is 6.08. The van der Waals surface area contributed by atoms with E-state index in [-0.39, 0.29) is 17.7 Å². The number of aliphatic hydroxyl groups is 1. The van der Waals surface area contributed by atoms with Crippen LogP contribution < -0.4 is 5.32 Å². The number of likely N-dealkylation sites (tertiary alicyclic amines) is 1. The molecule has 1 aromatic rings. The second-order valence-corrected chi connectivity index (χ2v) is 8.85. The molecule has 0 unspecified atom stereocenters. The maximum Gasteiger partial charge on any atom is 0.268 e. The van der Waals surface area contributed by atoms with Gasteiger partial charge in [-0.25, -0.2) is 0 Å². The van der Waals surface area contributed by atoms with Gasteiger partial charge in [0.25, 0.3) is 5.91 Å². The van der Waals surface area contributed by atoms with Crippen molar-refractivity contribution in [3.05, 3.63) is 22.5 Å². The first-order valence-electron chi connectivity index (χ1n) is 11.0. The lowest BCUT2D eigenvalue weighted by Crippen LogP contribution is -2.49. The third-order valence-electron chi connectivity index (χ3n) is 6.95. The monoisotopic (exact) mass is 403 g/mol. The van der Waals surface area contributed by atoms with Crippen LogP contribution in [0.2, 0.25) is 0 Å². The number of fused-ring (bicyclic) bond motifs is 2. The molecule has 2 heterocycles. The number of carbonyl (C=O) groups is 2. The quantitative estimate of drug-likeness (QED) is 0.628. The molecule has 1 aromatic heterocycles. The molecule has 3 N–H and O–H groups in total. The molecule has 4 atom stereocenters. The number of hydrogen-bond donors (Lipinski definition) is 3. The Morgan fingerprint density at radius 1 is 1.28 bits per heavy atom. The predicted octanol–water partition coefficient (Wildman–Crippen LogP) is 1.68. The summed E-state index contributed by atoms with van der Waals surface area (Å²) in [5, 5.41) is 13.7. The summed E-state index contributed by atoms with van der Waals surface area (Å²) in [6.07, 6.45) is 3.18. The van der Waals surface area contributed by atoms with Crippen LogP contribution in [0.15, 0.2) is 0 Å². The predicted molar refractivity (Wildman–Crippen MR) is 109 cm³/mol. The van der Waals surface area contributed by atoms with E-state index in [1.165, 1.54) is 0 Å². The van der Waals surface area contributed by atoms with Crippen LogP contribution in [0, 0.1) is 18.8 Å². The maximum absolute atomic E-state index is 12.9. The number of aliphatic hydroxyl groups excluding tert-OH is 1. The van der Waals surface area contributed by atoms with Gasteiger partial charge in [0, 0.05) is 43.9 Å². The number of carbonyl (C=O) groups excluding carboxylic acids is 2. The molecule has 0 bridgehead atoms. The Labute approximate surface area is 172 Å². The number of hydrogen-bond acceptors (Lipinski definition) is 5. The molecule has 3 aliphatic rings. The Morgan fingerprint density at radius 2 is 2.03 bits per heavy atom. The van der Waals surface area contributed by atoms with E-state index in [0.717, 1.165) is 69.8 Å². The van der Waals surface area contributed by atoms with Crippen LogP contribution >= 0.6 is 0 Å². The van der Waals surface area contributed by atoms with Gasteiger partial charge >= 0.3 is 0 Å². The van der Waals surface area contributed by atoms with Crippen molar-refractivity contribution in [3.8, 4) is 0 Å². The molecule has 0 aromatic carbocycles. The molecule has 7 nitrogen and oxygen atoms in total. The summed E-state index contributed by atoms with van der Waals surface area (Å²) in [4.78, 5) is 30.8. The van der Waals surface area contributed by atoms with Gasteiger partial charge in [-0.15, -0.1) is 0 Å². The van der Waals surface area contributed by atoms with E-state index < -0.39 is 6.10 Å². The van der Waals surface area contributed by atoms with Crippen LogP contribution in [0.4, 0.5) is 0 Å². The topological polar surface area (TPSA) is 94.7 Å². The highest BCUT2D eigenvalue weighted by molar-refractivity contribution is 6.04. The number of nitrogens with zero attached hydrogens (tertiary/aromatic N) is 1. The number of nitrogens with one attached hydrogen (secondary N) is 2. The van der Waals surface area contributed by atoms with Crippen LogP contribution in [0.1, 0.15) is 64.7 Å². The molecule has 2 fully saturated rings. The summed E-state index contributed by atoms with van der Waals surface area (Å²) in [5.41, 5.74) is 2.80. The number of aryl methyl sites for hydroxylation is 1. The van der Waals surface area contributed by atoms with Crippen molar-refractivity contribution in [3.63, 3.8) is 0 Å². The number of Topliss-reactive ketones (excluding diaryl/α,β-unsaturated/α-hetero) is 1. The fourth-order valence-electron chi connectivity index (χ4n) is 5.45. The normalized spacial score (nSPS) is 29.6. The van der Waals surface area contributed by atoms with E-state index in [1.54, 1.807) is 0 Å². The van der Waals surface area contributed by atoms with E-state index >= 15 is 0 Å². The Hall–Kier alpha value is -1.70. The highest BCUT2D eigenvalue weighted by atomic mass is 16.5. The fraction of sp³-hybridized carbons (Fsp3) is 0.727. The van der Waals surface area contributed by atoms with E-state index in [4.69, 9.17) is 4.74 Å². The zero-order valence-corrected chi connectivity index (χ0v) is 17.5. The van der Waals surface area contributed by atoms with Gasteiger partial charge in [0.1, 0.15) is 5.69 Å². The fourth-order valence-corrected chi connectivity index (χ4v) is 5.45. The van der Waals surface area contributed by atoms with Gasteiger partial charge in [-0.1, -0.05) is 0 Å². The third kappa shape index (κ3) is 4.13. The summed E-state index contributed by atoms with van der Waals surface area (Å²) >= 11 is 0. The van der Waals surface area contributed by atoms with Gasteiger partial charge < -0.3 is 25.0 Å². The zero-order chi connectivity index (χ0) is 20.5. The number of ketones is 1. The summed E-state index contributed by atoms with van der Waals surface area (Å²) in [6, 6.07) is -0.244. The van der Waals surface area contributed by atoms with E-state index in [0.29, 0.717) is 29.5 Å². The average Bonchev–Trinajstić information content (AvgIpc) is 3.23. The highest BCUT2D eigenvalue weighted by Gasteiger charge is 2.42. The van der Waals surface area contributed by atoms with Gasteiger partial charge in [0.15, 0.2) is 5.78 Å². The molecule has 0 spiro atoms. The van der Waals surface area contributed by atoms with Gasteiger partial charge in [-0.3, -0.25) is 9.59 Å². The van der Waals surface area contributed by atoms with E-state index in [9.17, 15) is 14.7 Å². The standard InChI is InChI=1S/C22H33N3O4/c1-3-29-8-7-25-11-14-9-17(19(27)10-15(14)12-25)24-22(28)21-13(2)20-16(23-21)5-4-6-18(20)26/h14-15,17,19,23,27H,3-12H2,1-2H3,(H,24,28)/t14-,15+,17-,19-/m0/s1. The third-order valence-corrected chi connectivity index (χ3v) is 6.95. The van der Waals surface area contributed by atoms with Crippen molar-refractivity contribution in [2.45, 2.75) is 58.1 Å². The average molecular weight is 404 g/mol. The van der Waals surface area contributed by atoms with Gasteiger partial charge in [0.2, 0.25) is 0 Å². The second-order valence-electron chi connectivity index (χ2n) is 8.85. The van der Waals surface area contributed by atoms with Crippen molar-refractivity contribution in [1.82, 2.24) is 15.2 Å².